The molecule has 0 aliphatic carbocycles. The fourth-order valence-electron chi connectivity index (χ4n) is 1.60. The highest BCUT2D eigenvalue weighted by Gasteiger charge is 2.49. The summed E-state index contributed by atoms with van der Waals surface area (Å²) in [5, 5.41) is 0. The lowest BCUT2D eigenvalue weighted by atomic mass is 10.2. The van der Waals surface area contributed by atoms with Gasteiger partial charge in [-0.05, 0) is 20.8 Å². The van der Waals surface area contributed by atoms with E-state index in [2.05, 4.69) is 13.2 Å². The number of carbonyl (C=O) groups excluding carboxylic acids is 3. The molecule has 11 nitrogen and oxygen atoms in total. The molecule has 1 aliphatic rings. The molecule has 1 rings (SSSR count). The van der Waals surface area contributed by atoms with Crippen molar-refractivity contribution in [2.45, 2.75) is 26.4 Å². The van der Waals surface area contributed by atoms with Crippen LogP contribution in [0.15, 0.2) is 24.3 Å². The van der Waals surface area contributed by atoms with Crippen LogP contribution in [-0.2, 0) is 46.9 Å². The molecule has 1 N–H and O–H groups in total. The summed E-state index contributed by atoms with van der Waals surface area (Å²) in [6.45, 7) is 10.5. The smallest absolute Gasteiger partial charge is 0.461 e. The van der Waals surface area contributed by atoms with Crippen LogP contribution in [0.3, 0.4) is 0 Å². The number of epoxide rings is 1. The Labute approximate surface area is 175 Å². The largest absolute Gasteiger partial charge is 0.572 e. The molecule has 30 heavy (non-hydrogen) atoms. The number of hydrogen-bond donors (Lipinski definition) is 1. The van der Waals surface area contributed by atoms with Crippen LogP contribution in [0.2, 0.25) is 0 Å². The Morgan fingerprint density at radius 2 is 1.23 bits per heavy atom. The second-order valence-electron chi connectivity index (χ2n) is 6.46. The van der Waals surface area contributed by atoms with Crippen molar-refractivity contribution in [1.29, 1.82) is 0 Å². The van der Waals surface area contributed by atoms with Crippen LogP contribution in [0.4, 0.5) is 0 Å². The van der Waals surface area contributed by atoms with E-state index in [1.807, 2.05) is 0 Å². The SMILES string of the molecule is C=C(C)C(=O)OCCO[P+](O)(OCCOC(=O)C(=C)C)OCCOC(=O)C1(C)CO1. The maximum Gasteiger partial charge on any atom is 0.572 e. The second kappa shape index (κ2) is 12.1. The number of esters is 3. The van der Waals surface area contributed by atoms with Gasteiger partial charge in [-0.15, -0.1) is 13.6 Å². The number of rotatable bonds is 15. The van der Waals surface area contributed by atoms with Gasteiger partial charge in [0.25, 0.3) is 0 Å². The quantitative estimate of drug-likeness (QED) is 0.0961. The maximum absolute atomic E-state index is 11.7. The van der Waals surface area contributed by atoms with Crippen molar-refractivity contribution in [3.63, 3.8) is 0 Å². The molecule has 1 saturated heterocycles. The molecule has 0 aromatic carbocycles. The van der Waals surface area contributed by atoms with Crippen LogP contribution in [0, 0.1) is 0 Å². The minimum Gasteiger partial charge on any atom is -0.461 e. The second-order valence-corrected chi connectivity index (χ2v) is 8.17. The van der Waals surface area contributed by atoms with Crippen LogP contribution in [0.25, 0.3) is 0 Å². The third-order valence-corrected chi connectivity index (χ3v) is 4.95. The first kappa shape index (κ1) is 26.2. The highest BCUT2D eigenvalue weighted by molar-refractivity contribution is 7.55. The molecule has 1 aliphatic heterocycles. The minimum absolute atomic E-state index is 0.178. The first-order valence-electron chi connectivity index (χ1n) is 9.01. The van der Waals surface area contributed by atoms with Crippen LogP contribution < -0.4 is 0 Å². The molecule has 0 bridgehead atoms. The van der Waals surface area contributed by atoms with Crippen molar-refractivity contribution in [2.24, 2.45) is 0 Å². The van der Waals surface area contributed by atoms with Crippen molar-refractivity contribution in [2.75, 3.05) is 46.2 Å². The van der Waals surface area contributed by atoms with E-state index in [-0.39, 0.29) is 57.4 Å². The summed E-state index contributed by atoms with van der Waals surface area (Å²) in [6, 6.07) is 0. The lowest BCUT2D eigenvalue weighted by molar-refractivity contribution is -0.150. The summed E-state index contributed by atoms with van der Waals surface area (Å²) in [6.07, 6.45) is 0. The average molecular weight is 451 g/mol. The topological polar surface area (TPSA) is 139 Å². The van der Waals surface area contributed by atoms with Gasteiger partial charge >= 0.3 is 26.1 Å². The monoisotopic (exact) mass is 451 g/mol. The Morgan fingerprint density at radius 3 is 1.57 bits per heavy atom. The van der Waals surface area contributed by atoms with E-state index in [0.717, 1.165) is 0 Å². The van der Waals surface area contributed by atoms with E-state index in [0.29, 0.717) is 0 Å². The lowest BCUT2D eigenvalue weighted by Crippen LogP contribution is -2.25. The first-order valence-corrected chi connectivity index (χ1v) is 10.5. The molecule has 0 amide bonds. The summed E-state index contributed by atoms with van der Waals surface area (Å²) in [4.78, 5) is 44.8. The third kappa shape index (κ3) is 9.75. The minimum atomic E-state index is -3.87. The zero-order valence-electron chi connectivity index (χ0n) is 17.3. The van der Waals surface area contributed by atoms with Crippen LogP contribution in [-0.4, -0.2) is 74.7 Å². The normalized spacial score (nSPS) is 17.7. The fraction of sp³-hybridized carbons (Fsp3) is 0.611. The highest BCUT2D eigenvalue weighted by Crippen LogP contribution is 2.57. The van der Waals surface area contributed by atoms with Crippen LogP contribution in [0.1, 0.15) is 20.8 Å². The Bertz CT molecular complexity index is 623. The molecule has 1 heterocycles. The number of ether oxygens (including phenoxy) is 4. The lowest BCUT2D eigenvalue weighted by Gasteiger charge is -2.15. The fourth-order valence-corrected chi connectivity index (χ4v) is 2.74. The van der Waals surface area contributed by atoms with Crippen molar-refractivity contribution in [3.8, 4) is 0 Å². The van der Waals surface area contributed by atoms with Crippen LogP contribution >= 0.6 is 8.17 Å². The Hall–Kier alpha value is -1.88. The zero-order chi connectivity index (χ0) is 22.8. The maximum atomic E-state index is 11.7. The third-order valence-electron chi connectivity index (χ3n) is 3.42. The van der Waals surface area contributed by atoms with Gasteiger partial charge in [-0.25, -0.2) is 14.4 Å². The Kier molecular flexibility index (Phi) is 10.5. The molecule has 1 atom stereocenters. The molecule has 1 fully saturated rings. The summed E-state index contributed by atoms with van der Waals surface area (Å²) in [7, 11) is -3.87. The molecule has 0 radical (unpaired) electrons. The van der Waals surface area contributed by atoms with Gasteiger partial charge < -0.3 is 18.9 Å². The number of hydrogen-bond acceptors (Lipinski definition) is 11. The Balaban J connectivity index is 2.43. The van der Waals surface area contributed by atoms with E-state index < -0.39 is 31.7 Å². The van der Waals surface area contributed by atoms with Gasteiger partial charge in [0, 0.05) is 11.1 Å². The number of carbonyl (C=O) groups is 3. The molecule has 0 aromatic heterocycles. The summed E-state index contributed by atoms with van der Waals surface area (Å²) >= 11 is 0. The van der Waals surface area contributed by atoms with Gasteiger partial charge in [0.1, 0.15) is 39.6 Å². The van der Waals surface area contributed by atoms with E-state index in [4.69, 9.17) is 32.5 Å². The molecule has 170 valence electrons. The van der Waals surface area contributed by atoms with E-state index in [1.165, 1.54) is 13.8 Å². The van der Waals surface area contributed by atoms with Crippen molar-refractivity contribution >= 4 is 26.1 Å². The van der Waals surface area contributed by atoms with E-state index in [9.17, 15) is 19.3 Å². The molecule has 0 saturated carbocycles. The van der Waals surface area contributed by atoms with Crippen molar-refractivity contribution in [3.05, 3.63) is 24.3 Å². The first-order chi connectivity index (χ1) is 14.0. The molecular formula is C18H28O11P+. The van der Waals surface area contributed by atoms with E-state index in [1.54, 1.807) is 6.92 Å². The molecular weight excluding hydrogens is 423 g/mol. The zero-order valence-corrected chi connectivity index (χ0v) is 18.2. The molecule has 1 unspecified atom stereocenters. The van der Waals surface area contributed by atoms with Gasteiger partial charge in [0.15, 0.2) is 5.60 Å². The van der Waals surface area contributed by atoms with Crippen molar-refractivity contribution in [1.82, 2.24) is 0 Å². The summed E-state index contributed by atoms with van der Waals surface area (Å²) in [5.41, 5.74) is -0.511. The molecule has 12 heteroatoms. The van der Waals surface area contributed by atoms with Gasteiger partial charge in [0.05, 0.1) is 6.61 Å². The van der Waals surface area contributed by atoms with E-state index >= 15 is 0 Å². The highest BCUT2D eigenvalue weighted by atomic mass is 31.2. The van der Waals surface area contributed by atoms with Gasteiger partial charge in [-0.1, -0.05) is 13.2 Å². The molecule has 0 aromatic rings. The van der Waals surface area contributed by atoms with Gasteiger partial charge in [-0.3, -0.25) is 0 Å². The predicted molar refractivity (Wildman–Crippen MR) is 104 cm³/mol. The van der Waals surface area contributed by atoms with Crippen molar-refractivity contribution < 1.29 is 51.8 Å². The standard InChI is InChI=1S/C18H28O11P/c1-13(2)15(19)23-6-9-27-30(22,28-10-7-24-16(20)14(3)4)29-11-8-25-17(21)18(5)12-26-18/h22H,1,3,6-12H2,2,4-5H3/q+1. The summed E-state index contributed by atoms with van der Waals surface area (Å²) in [5.74, 6) is -1.78. The Morgan fingerprint density at radius 1 is 0.867 bits per heavy atom. The molecule has 0 spiro atoms. The van der Waals surface area contributed by atoms with Gasteiger partial charge in [0.2, 0.25) is 0 Å². The van der Waals surface area contributed by atoms with Crippen LogP contribution in [0.5, 0.6) is 0 Å². The van der Waals surface area contributed by atoms with Gasteiger partial charge in [-0.2, -0.15) is 4.89 Å². The summed E-state index contributed by atoms with van der Waals surface area (Å²) < 4.78 is 35.2. The predicted octanol–water partition coefficient (Wildman–Crippen LogP) is 1.28. The average Bonchev–Trinajstić information content (AvgIpc) is 3.44.